The largest absolute Gasteiger partial charge is 0.461 e. The summed E-state index contributed by atoms with van der Waals surface area (Å²) in [7, 11) is 1.74. The summed E-state index contributed by atoms with van der Waals surface area (Å²) in [6.07, 6.45) is -3.58. The SMILES string of the molecule is CNc1ccc(C(=O)N[C@@H](C[C@H](F)C(=O)OC(C)C)C(=O)OC(C)C)cc1. The number of halogens is 1. The molecule has 0 aliphatic carbocycles. The van der Waals surface area contributed by atoms with Crippen LogP contribution in [0.3, 0.4) is 0 Å². The zero-order chi connectivity index (χ0) is 20.6. The molecule has 1 aromatic rings. The van der Waals surface area contributed by atoms with Gasteiger partial charge in [-0.2, -0.15) is 0 Å². The fourth-order valence-electron chi connectivity index (χ4n) is 2.17. The molecular weight excluding hydrogens is 355 g/mol. The van der Waals surface area contributed by atoms with Crippen molar-refractivity contribution in [3.05, 3.63) is 29.8 Å². The number of benzene rings is 1. The van der Waals surface area contributed by atoms with Gasteiger partial charge in [-0.25, -0.2) is 14.0 Å². The van der Waals surface area contributed by atoms with Gasteiger partial charge in [0.2, 0.25) is 0 Å². The summed E-state index contributed by atoms with van der Waals surface area (Å²) in [6.45, 7) is 6.44. The van der Waals surface area contributed by atoms with Crippen LogP contribution in [0, 0.1) is 0 Å². The van der Waals surface area contributed by atoms with Crippen molar-refractivity contribution in [3.63, 3.8) is 0 Å². The normalized spacial score (nSPS) is 13.0. The Balaban J connectivity index is 2.88. The molecule has 8 heteroatoms. The van der Waals surface area contributed by atoms with Crippen molar-refractivity contribution in [1.82, 2.24) is 5.32 Å². The van der Waals surface area contributed by atoms with Crippen molar-refractivity contribution in [2.75, 3.05) is 12.4 Å². The van der Waals surface area contributed by atoms with Gasteiger partial charge in [0.25, 0.3) is 5.91 Å². The predicted molar refractivity (Wildman–Crippen MR) is 99.2 cm³/mol. The molecular formula is C19H27FN2O5. The van der Waals surface area contributed by atoms with Crippen LogP contribution in [0.15, 0.2) is 24.3 Å². The van der Waals surface area contributed by atoms with Crippen molar-refractivity contribution in [3.8, 4) is 0 Å². The fourth-order valence-corrected chi connectivity index (χ4v) is 2.17. The van der Waals surface area contributed by atoms with Gasteiger partial charge in [-0.1, -0.05) is 0 Å². The number of amides is 1. The Labute approximate surface area is 158 Å². The van der Waals surface area contributed by atoms with Crippen molar-refractivity contribution in [2.45, 2.75) is 58.5 Å². The van der Waals surface area contributed by atoms with Gasteiger partial charge in [0, 0.05) is 24.7 Å². The first-order valence-corrected chi connectivity index (χ1v) is 8.77. The third-order valence-corrected chi connectivity index (χ3v) is 3.43. The Morgan fingerprint density at radius 1 is 0.963 bits per heavy atom. The number of carbonyl (C=O) groups excluding carboxylic acids is 3. The van der Waals surface area contributed by atoms with Crippen LogP contribution in [0.2, 0.25) is 0 Å². The number of anilines is 1. The van der Waals surface area contributed by atoms with E-state index in [-0.39, 0.29) is 5.56 Å². The molecule has 0 heterocycles. The van der Waals surface area contributed by atoms with E-state index in [0.29, 0.717) is 0 Å². The van der Waals surface area contributed by atoms with Gasteiger partial charge in [0.05, 0.1) is 12.2 Å². The average molecular weight is 382 g/mol. The minimum Gasteiger partial charge on any atom is -0.461 e. The number of hydrogen-bond acceptors (Lipinski definition) is 6. The van der Waals surface area contributed by atoms with Crippen molar-refractivity contribution < 1.29 is 28.2 Å². The zero-order valence-electron chi connectivity index (χ0n) is 16.2. The molecule has 27 heavy (non-hydrogen) atoms. The maximum Gasteiger partial charge on any atom is 0.341 e. The molecule has 1 aromatic carbocycles. The smallest absolute Gasteiger partial charge is 0.341 e. The highest BCUT2D eigenvalue weighted by Crippen LogP contribution is 2.12. The molecule has 0 aliphatic heterocycles. The quantitative estimate of drug-likeness (QED) is 0.637. The lowest BCUT2D eigenvalue weighted by molar-refractivity contribution is -0.155. The number of ether oxygens (including phenoxy) is 2. The first-order valence-electron chi connectivity index (χ1n) is 8.77. The van der Waals surface area contributed by atoms with Crippen LogP contribution < -0.4 is 10.6 Å². The summed E-state index contributed by atoms with van der Waals surface area (Å²) in [5.74, 6) is -2.47. The molecule has 150 valence electrons. The molecule has 0 aromatic heterocycles. The predicted octanol–water partition coefficient (Wildman–Crippen LogP) is 2.46. The minimum atomic E-state index is -2.07. The molecule has 1 amide bonds. The Bertz CT molecular complexity index is 646. The van der Waals surface area contributed by atoms with E-state index >= 15 is 0 Å². The second-order valence-corrected chi connectivity index (χ2v) is 6.53. The molecule has 0 spiro atoms. The van der Waals surface area contributed by atoms with Crippen molar-refractivity contribution >= 4 is 23.5 Å². The topological polar surface area (TPSA) is 93.7 Å². The van der Waals surface area contributed by atoms with E-state index < -0.39 is 48.7 Å². The second-order valence-electron chi connectivity index (χ2n) is 6.53. The highest BCUT2D eigenvalue weighted by atomic mass is 19.1. The lowest BCUT2D eigenvalue weighted by Gasteiger charge is -2.21. The third-order valence-electron chi connectivity index (χ3n) is 3.43. The molecule has 0 saturated heterocycles. The van der Waals surface area contributed by atoms with E-state index in [9.17, 15) is 18.8 Å². The monoisotopic (exact) mass is 382 g/mol. The Morgan fingerprint density at radius 2 is 1.48 bits per heavy atom. The Morgan fingerprint density at radius 3 is 1.96 bits per heavy atom. The van der Waals surface area contributed by atoms with Crippen LogP contribution in [0.5, 0.6) is 0 Å². The van der Waals surface area contributed by atoms with E-state index in [4.69, 9.17) is 9.47 Å². The molecule has 0 saturated carbocycles. The van der Waals surface area contributed by atoms with Crippen LogP contribution in [-0.2, 0) is 19.1 Å². The molecule has 2 atom stereocenters. The lowest BCUT2D eigenvalue weighted by atomic mass is 10.1. The fraction of sp³-hybridized carbons (Fsp3) is 0.526. The van der Waals surface area contributed by atoms with Crippen LogP contribution in [0.1, 0.15) is 44.5 Å². The van der Waals surface area contributed by atoms with Crippen molar-refractivity contribution in [1.29, 1.82) is 0 Å². The summed E-state index contributed by atoms with van der Waals surface area (Å²) in [4.78, 5) is 36.3. The van der Waals surface area contributed by atoms with Gasteiger partial charge in [-0.05, 0) is 52.0 Å². The van der Waals surface area contributed by atoms with E-state index in [1.807, 2.05) is 0 Å². The van der Waals surface area contributed by atoms with Gasteiger partial charge in [0.1, 0.15) is 6.04 Å². The van der Waals surface area contributed by atoms with Gasteiger partial charge in [0.15, 0.2) is 6.17 Å². The lowest BCUT2D eigenvalue weighted by Crippen LogP contribution is -2.45. The zero-order valence-corrected chi connectivity index (χ0v) is 16.2. The highest BCUT2D eigenvalue weighted by molar-refractivity contribution is 5.97. The van der Waals surface area contributed by atoms with E-state index in [1.54, 1.807) is 59.0 Å². The number of rotatable bonds is 9. The van der Waals surface area contributed by atoms with Crippen LogP contribution in [0.4, 0.5) is 10.1 Å². The minimum absolute atomic E-state index is 0.288. The summed E-state index contributed by atoms with van der Waals surface area (Å²) < 4.78 is 24.1. The molecule has 0 unspecified atom stereocenters. The summed E-state index contributed by atoms with van der Waals surface area (Å²) in [5.41, 5.74) is 1.10. The highest BCUT2D eigenvalue weighted by Gasteiger charge is 2.31. The maximum atomic E-state index is 14.2. The summed E-state index contributed by atoms with van der Waals surface area (Å²) in [6, 6.07) is 5.18. The first kappa shape index (κ1) is 22.4. The van der Waals surface area contributed by atoms with E-state index in [0.717, 1.165) is 5.69 Å². The molecule has 0 aliphatic rings. The van der Waals surface area contributed by atoms with Gasteiger partial charge < -0.3 is 20.1 Å². The third kappa shape index (κ3) is 7.64. The maximum absolute atomic E-state index is 14.2. The first-order chi connectivity index (χ1) is 12.6. The second kappa shape index (κ2) is 10.5. The molecule has 0 bridgehead atoms. The Kier molecular flexibility index (Phi) is 8.71. The average Bonchev–Trinajstić information content (AvgIpc) is 2.59. The van der Waals surface area contributed by atoms with Gasteiger partial charge >= 0.3 is 11.9 Å². The van der Waals surface area contributed by atoms with Gasteiger partial charge in [-0.3, -0.25) is 4.79 Å². The van der Waals surface area contributed by atoms with E-state index in [1.165, 1.54) is 0 Å². The molecule has 1 rings (SSSR count). The number of carbonyl (C=O) groups is 3. The number of hydrogen-bond donors (Lipinski definition) is 2. The van der Waals surface area contributed by atoms with Crippen LogP contribution >= 0.6 is 0 Å². The molecule has 7 nitrogen and oxygen atoms in total. The van der Waals surface area contributed by atoms with Crippen molar-refractivity contribution in [2.24, 2.45) is 0 Å². The number of nitrogens with one attached hydrogen (secondary N) is 2. The van der Waals surface area contributed by atoms with E-state index in [2.05, 4.69) is 10.6 Å². The Hall–Kier alpha value is -2.64. The number of alkyl halides is 1. The summed E-state index contributed by atoms with van der Waals surface area (Å²) in [5, 5.41) is 5.35. The standard InChI is InChI=1S/C19H27FN2O5/c1-11(2)26-18(24)15(20)10-16(19(25)27-12(3)4)22-17(23)13-6-8-14(21-5)9-7-13/h6-9,11-12,15-16,21H,10H2,1-5H3,(H,22,23)/t15-,16-/m0/s1. The number of esters is 2. The van der Waals surface area contributed by atoms with Crippen LogP contribution in [-0.4, -0.2) is 49.3 Å². The molecule has 0 radical (unpaired) electrons. The summed E-state index contributed by atoms with van der Waals surface area (Å²) >= 11 is 0. The van der Waals surface area contributed by atoms with Gasteiger partial charge in [-0.15, -0.1) is 0 Å². The molecule has 2 N–H and O–H groups in total. The molecule has 0 fully saturated rings. The van der Waals surface area contributed by atoms with Crippen LogP contribution in [0.25, 0.3) is 0 Å².